The third-order valence-corrected chi connectivity index (χ3v) is 6.70. The number of hydrogen-bond acceptors (Lipinski definition) is 9. The molecule has 0 aliphatic carbocycles. The Balaban J connectivity index is 1.70. The highest BCUT2D eigenvalue weighted by Crippen LogP contribution is 2.43. The lowest BCUT2D eigenvalue weighted by Crippen LogP contribution is -2.39. The van der Waals surface area contributed by atoms with Crippen molar-refractivity contribution in [1.29, 1.82) is 0 Å². The molecule has 5 N–H and O–H groups in total. The first-order valence-electron chi connectivity index (χ1n) is 13.4. The number of rotatable bonds is 21. The van der Waals surface area contributed by atoms with Gasteiger partial charge in [0, 0.05) is 12.8 Å². The molecule has 2 aromatic rings. The summed E-state index contributed by atoms with van der Waals surface area (Å²) in [6.07, 6.45) is 5.33. The van der Waals surface area contributed by atoms with Crippen LogP contribution in [0.5, 0.6) is 11.5 Å². The molecule has 1 unspecified atom stereocenters. The van der Waals surface area contributed by atoms with E-state index in [4.69, 9.17) is 30.2 Å². The highest BCUT2D eigenvalue weighted by Gasteiger charge is 2.23. The second kappa shape index (κ2) is 18.4. The van der Waals surface area contributed by atoms with Crippen molar-refractivity contribution in [2.24, 2.45) is 11.5 Å². The highest BCUT2D eigenvalue weighted by molar-refractivity contribution is 7.47. The number of nitrogens with two attached hydrogens (primary N) is 2. The van der Waals surface area contributed by atoms with E-state index in [-0.39, 0.29) is 26.1 Å². The minimum Gasteiger partial charge on any atom is -0.494 e. The number of carbonyl (C=O) groups is 2. The van der Waals surface area contributed by atoms with Gasteiger partial charge in [-0.15, -0.1) is 0 Å². The predicted molar refractivity (Wildman–Crippen MR) is 150 cm³/mol. The van der Waals surface area contributed by atoms with Crippen molar-refractivity contribution in [2.45, 2.75) is 64.5 Å². The van der Waals surface area contributed by atoms with E-state index < -0.39 is 32.3 Å². The number of esters is 1. The highest BCUT2D eigenvalue weighted by atomic mass is 31.2. The van der Waals surface area contributed by atoms with Crippen molar-refractivity contribution in [3.8, 4) is 11.5 Å². The Hall–Kier alpha value is -2.95. The van der Waals surface area contributed by atoms with Gasteiger partial charge in [0.15, 0.2) is 0 Å². The summed E-state index contributed by atoms with van der Waals surface area (Å²) >= 11 is 0. The van der Waals surface area contributed by atoms with E-state index in [1.807, 2.05) is 48.5 Å². The molecule has 222 valence electrons. The molecule has 0 bridgehead atoms. The molecule has 0 spiro atoms. The van der Waals surface area contributed by atoms with Crippen molar-refractivity contribution < 1.29 is 42.3 Å². The normalized spacial score (nSPS) is 13.3. The summed E-state index contributed by atoms with van der Waals surface area (Å²) in [5, 5.41) is 0. The summed E-state index contributed by atoms with van der Waals surface area (Å²) < 4.78 is 38.2. The number of para-hydroxylation sites is 1. The number of unbranched alkanes of at least 4 members (excludes halogenated alkanes) is 3. The molecule has 1 amide bonds. The lowest BCUT2D eigenvalue weighted by atomic mass is 10.1. The smallest absolute Gasteiger partial charge is 0.472 e. The van der Waals surface area contributed by atoms with Gasteiger partial charge in [-0.05, 0) is 42.2 Å². The van der Waals surface area contributed by atoms with Gasteiger partial charge in [-0.3, -0.25) is 18.6 Å². The van der Waals surface area contributed by atoms with Crippen LogP contribution in [0.4, 0.5) is 0 Å². The quantitative estimate of drug-likeness (QED) is 0.111. The number of amides is 1. The summed E-state index contributed by atoms with van der Waals surface area (Å²) in [6.45, 7) is 2.48. The number of aryl methyl sites for hydroxylation is 1. The molecule has 0 aliphatic rings. The van der Waals surface area contributed by atoms with Gasteiger partial charge in [-0.1, -0.05) is 56.5 Å². The molecule has 2 aromatic carbocycles. The maximum Gasteiger partial charge on any atom is 0.472 e. The SMILES string of the molecule is CCCCCCOc1cccc(COc2ccccc2CCC(=O)OCCCOP(=O)(O)OC[C@H](N)C(N)=O)c1. The lowest BCUT2D eigenvalue weighted by molar-refractivity contribution is -0.143. The molecular formula is C28H41N2O9P. The predicted octanol–water partition coefficient (Wildman–Crippen LogP) is 4.04. The van der Waals surface area contributed by atoms with E-state index >= 15 is 0 Å². The van der Waals surface area contributed by atoms with Gasteiger partial charge < -0.3 is 30.6 Å². The van der Waals surface area contributed by atoms with Crippen LogP contribution in [0.3, 0.4) is 0 Å². The Morgan fingerprint density at radius 1 is 0.950 bits per heavy atom. The first-order valence-corrected chi connectivity index (χ1v) is 14.9. The van der Waals surface area contributed by atoms with Crippen molar-refractivity contribution in [3.05, 3.63) is 59.7 Å². The second-order valence-electron chi connectivity index (χ2n) is 9.13. The summed E-state index contributed by atoms with van der Waals surface area (Å²) in [7, 11) is -4.40. The van der Waals surface area contributed by atoms with Crippen LogP contribution < -0.4 is 20.9 Å². The van der Waals surface area contributed by atoms with Gasteiger partial charge in [0.05, 0.1) is 26.4 Å². The molecule has 11 nitrogen and oxygen atoms in total. The van der Waals surface area contributed by atoms with Crippen molar-refractivity contribution in [1.82, 2.24) is 0 Å². The molecule has 2 atom stereocenters. The third kappa shape index (κ3) is 13.9. The number of carbonyl (C=O) groups excluding carboxylic acids is 2. The fraction of sp³-hybridized carbons (Fsp3) is 0.500. The Bertz CT molecular complexity index is 1100. The Morgan fingerprint density at radius 2 is 1.75 bits per heavy atom. The van der Waals surface area contributed by atoms with Crippen LogP contribution in [-0.2, 0) is 41.0 Å². The molecule has 0 saturated carbocycles. The van der Waals surface area contributed by atoms with Crippen LogP contribution in [0.15, 0.2) is 48.5 Å². The van der Waals surface area contributed by atoms with Crippen LogP contribution in [0.2, 0.25) is 0 Å². The minimum absolute atomic E-state index is 0.00516. The van der Waals surface area contributed by atoms with E-state index in [1.165, 1.54) is 12.8 Å². The van der Waals surface area contributed by atoms with Gasteiger partial charge in [-0.2, -0.15) is 0 Å². The van der Waals surface area contributed by atoms with Crippen LogP contribution in [0, 0.1) is 0 Å². The summed E-state index contributed by atoms with van der Waals surface area (Å²) in [4.78, 5) is 32.6. The topological polar surface area (TPSA) is 170 Å². The maximum absolute atomic E-state index is 12.2. The van der Waals surface area contributed by atoms with Gasteiger partial charge >= 0.3 is 13.8 Å². The van der Waals surface area contributed by atoms with Crippen molar-refractivity contribution >= 4 is 19.7 Å². The van der Waals surface area contributed by atoms with Gasteiger partial charge in [0.25, 0.3) is 0 Å². The Labute approximate surface area is 235 Å². The number of primary amides is 1. The number of phosphoric acid groups is 1. The average Bonchev–Trinajstić information content (AvgIpc) is 2.94. The van der Waals surface area contributed by atoms with Crippen molar-refractivity contribution in [2.75, 3.05) is 26.4 Å². The largest absolute Gasteiger partial charge is 0.494 e. The average molecular weight is 581 g/mol. The molecule has 12 heteroatoms. The second-order valence-corrected chi connectivity index (χ2v) is 10.6. The van der Waals surface area contributed by atoms with Crippen molar-refractivity contribution in [3.63, 3.8) is 0 Å². The molecule has 0 heterocycles. The molecule has 0 fully saturated rings. The lowest BCUT2D eigenvalue weighted by Gasteiger charge is -2.14. The zero-order valence-electron chi connectivity index (χ0n) is 23.0. The van der Waals surface area contributed by atoms with Crippen LogP contribution >= 0.6 is 7.82 Å². The number of ether oxygens (including phenoxy) is 3. The zero-order valence-corrected chi connectivity index (χ0v) is 23.9. The third-order valence-electron chi connectivity index (χ3n) is 5.72. The van der Waals surface area contributed by atoms with Crippen LogP contribution in [0.1, 0.15) is 56.6 Å². The van der Waals surface area contributed by atoms with E-state index in [0.29, 0.717) is 25.4 Å². The van der Waals surface area contributed by atoms with E-state index in [1.54, 1.807) is 0 Å². The Kier molecular flexibility index (Phi) is 15.3. The number of hydrogen-bond donors (Lipinski definition) is 3. The molecule has 40 heavy (non-hydrogen) atoms. The number of phosphoric ester groups is 1. The van der Waals surface area contributed by atoms with E-state index in [2.05, 4.69) is 11.4 Å². The molecule has 0 radical (unpaired) electrons. The molecule has 0 aliphatic heterocycles. The fourth-order valence-electron chi connectivity index (χ4n) is 3.48. The zero-order chi connectivity index (χ0) is 29.2. The van der Waals surface area contributed by atoms with E-state index in [0.717, 1.165) is 29.7 Å². The fourth-order valence-corrected chi connectivity index (χ4v) is 4.27. The van der Waals surface area contributed by atoms with Crippen LogP contribution in [-0.4, -0.2) is 49.2 Å². The monoisotopic (exact) mass is 580 g/mol. The first kappa shape index (κ1) is 33.3. The van der Waals surface area contributed by atoms with Gasteiger partial charge in [-0.25, -0.2) is 4.57 Å². The molecule has 0 saturated heterocycles. The van der Waals surface area contributed by atoms with Gasteiger partial charge in [0.1, 0.15) is 24.1 Å². The standard InChI is InChI=1S/C28H41N2O9P/c1-2-3-4-7-16-35-24-12-8-10-22(19-24)20-37-26-13-6-5-11-23(26)14-15-27(31)36-17-9-18-38-40(33,34)39-21-25(29)28(30)32/h5-6,8,10-13,19,25H,2-4,7,9,14-18,20-21,29H2,1H3,(H2,30,32)(H,33,34)/t25-/m0/s1. The molecule has 0 aromatic heterocycles. The Morgan fingerprint density at radius 3 is 2.52 bits per heavy atom. The summed E-state index contributed by atoms with van der Waals surface area (Å²) in [5.41, 5.74) is 12.1. The van der Waals surface area contributed by atoms with E-state index in [9.17, 15) is 19.0 Å². The summed E-state index contributed by atoms with van der Waals surface area (Å²) in [6, 6.07) is 14.1. The number of benzene rings is 2. The first-order chi connectivity index (χ1) is 19.2. The van der Waals surface area contributed by atoms with Gasteiger partial charge in [0.2, 0.25) is 5.91 Å². The molecular weight excluding hydrogens is 539 g/mol. The maximum atomic E-state index is 12.2. The summed E-state index contributed by atoms with van der Waals surface area (Å²) in [5.74, 6) is 0.212. The van der Waals surface area contributed by atoms with Crippen LogP contribution in [0.25, 0.3) is 0 Å². The minimum atomic E-state index is -4.40. The molecule has 2 rings (SSSR count).